The maximum absolute atomic E-state index is 12.3. The lowest BCUT2D eigenvalue weighted by Gasteiger charge is -2.41. The second-order valence-electron chi connectivity index (χ2n) is 5.17. The molecule has 94 valence electrons. The molecule has 1 aromatic rings. The van der Waals surface area contributed by atoms with Gasteiger partial charge in [-0.05, 0) is 45.4 Å². The van der Waals surface area contributed by atoms with Gasteiger partial charge in [-0.3, -0.25) is 9.69 Å². The summed E-state index contributed by atoms with van der Waals surface area (Å²) in [4.78, 5) is 14.1. The molecule has 2 rings (SSSR count). The molecule has 0 unspecified atom stereocenters. The molecular weight excluding hydrogens is 222 g/mol. The van der Waals surface area contributed by atoms with Crippen LogP contribution in [0.5, 0.6) is 0 Å². The molecule has 0 aromatic heterocycles. The highest BCUT2D eigenvalue weighted by Crippen LogP contribution is 2.38. The molecule has 1 heterocycles. The van der Waals surface area contributed by atoms with Crippen molar-refractivity contribution in [2.24, 2.45) is 0 Å². The lowest BCUT2D eigenvalue weighted by atomic mass is 9.88. The van der Waals surface area contributed by atoms with Gasteiger partial charge in [0.1, 0.15) is 0 Å². The van der Waals surface area contributed by atoms with Gasteiger partial charge in [-0.25, -0.2) is 0 Å². The Labute approximate surface area is 109 Å². The van der Waals surface area contributed by atoms with Crippen molar-refractivity contribution in [3.05, 3.63) is 48.1 Å². The summed E-state index contributed by atoms with van der Waals surface area (Å²) in [5, 5.41) is 0. The van der Waals surface area contributed by atoms with E-state index in [1.165, 1.54) is 5.57 Å². The molecule has 1 aliphatic rings. The Bertz CT molecular complexity index is 538. The fourth-order valence-corrected chi connectivity index (χ4v) is 2.60. The van der Waals surface area contributed by atoms with Crippen LogP contribution in [0.2, 0.25) is 0 Å². The van der Waals surface area contributed by atoms with Crippen molar-refractivity contribution >= 4 is 17.2 Å². The number of rotatable bonds is 1. The zero-order chi connectivity index (χ0) is 13.3. The normalized spacial score (nSPS) is 17.6. The Hall–Kier alpha value is -1.83. The predicted octanol–water partition coefficient (Wildman–Crippen LogP) is 3.79. The molecule has 1 aromatic carbocycles. The van der Waals surface area contributed by atoms with Crippen LogP contribution in [0.1, 0.15) is 33.3 Å². The van der Waals surface area contributed by atoms with E-state index in [4.69, 9.17) is 0 Å². The Morgan fingerprint density at radius 1 is 1.28 bits per heavy atom. The van der Waals surface area contributed by atoms with E-state index >= 15 is 0 Å². The van der Waals surface area contributed by atoms with E-state index in [2.05, 4.69) is 32.9 Å². The van der Waals surface area contributed by atoms with Crippen LogP contribution in [0.15, 0.2) is 42.5 Å². The van der Waals surface area contributed by atoms with Crippen molar-refractivity contribution < 1.29 is 4.79 Å². The summed E-state index contributed by atoms with van der Waals surface area (Å²) in [5.74, 6) is 0.0266. The van der Waals surface area contributed by atoms with Crippen molar-refractivity contribution in [2.45, 2.75) is 33.2 Å². The van der Waals surface area contributed by atoms with Crippen molar-refractivity contribution in [1.82, 2.24) is 0 Å². The van der Waals surface area contributed by atoms with Gasteiger partial charge in [-0.1, -0.05) is 30.4 Å². The predicted molar refractivity (Wildman–Crippen MR) is 76.5 cm³/mol. The van der Waals surface area contributed by atoms with E-state index in [0.29, 0.717) is 0 Å². The lowest BCUT2D eigenvalue weighted by molar-refractivity contribution is -0.114. The average Bonchev–Trinajstić information content (AvgIpc) is 2.28. The number of carbonyl (C=O) groups excluding carboxylic acids is 1. The first kappa shape index (κ1) is 12.6. The van der Waals surface area contributed by atoms with E-state index in [1.807, 2.05) is 30.0 Å². The first-order valence-corrected chi connectivity index (χ1v) is 6.23. The van der Waals surface area contributed by atoms with Gasteiger partial charge in [0.15, 0.2) is 0 Å². The number of benzene rings is 1. The summed E-state index contributed by atoms with van der Waals surface area (Å²) in [6, 6.07) is 8.05. The Kier molecular flexibility index (Phi) is 3.12. The Balaban J connectivity index is 2.61. The lowest BCUT2D eigenvalue weighted by Crippen LogP contribution is -2.48. The second kappa shape index (κ2) is 4.45. The van der Waals surface area contributed by atoms with Gasteiger partial charge in [-0.15, -0.1) is 0 Å². The van der Waals surface area contributed by atoms with E-state index < -0.39 is 0 Å². The minimum absolute atomic E-state index is 0.0266. The summed E-state index contributed by atoms with van der Waals surface area (Å²) in [6.45, 7) is 8.08. The number of hydrogen-bond acceptors (Lipinski definition) is 1. The number of hydrogen-bond donors (Lipinski definition) is 0. The van der Waals surface area contributed by atoms with Crippen LogP contribution in [0.3, 0.4) is 0 Å². The average molecular weight is 241 g/mol. The summed E-state index contributed by atoms with van der Waals surface area (Å²) in [5.41, 5.74) is 3.05. The third-order valence-corrected chi connectivity index (χ3v) is 3.25. The zero-order valence-electron chi connectivity index (χ0n) is 11.4. The zero-order valence-corrected chi connectivity index (χ0v) is 11.4. The topological polar surface area (TPSA) is 20.3 Å². The minimum atomic E-state index is -0.297. The summed E-state index contributed by atoms with van der Waals surface area (Å²) in [7, 11) is 0. The molecule has 0 radical (unpaired) electrons. The van der Waals surface area contributed by atoms with E-state index in [0.717, 1.165) is 11.3 Å². The third-order valence-electron chi connectivity index (χ3n) is 3.25. The molecule has 1 aliphatic heterocycles. The molecule has 2 nitrogen and oxygen atoms in total. The van der Waals surface area contributed by atoms with Crippen molar-refractivity contribution in [3.63, 3.8) is 0 Å². The van der Waals surface area contributed by atoms with Crippen LogP contribution in [0.25, 0.3) is 5.57 Å². The van der Waals surface area contributed by atoms with E-state index in [9.17, 15) is 4.79 Å². The number of allylic oxidation sites excluding steroid dienone is 2. The van der Waals surface area contributed by atoms with Gasteiger partial charge in [-0.2, -0.15) is 0 Å². The first-order valence-electron chi connectivity index (χ1n) is 6.23. The maximum atomic E-state index is 12.3. The summed E-state index contributed by atoms with van der Waals surface area (Å²) in [6.07, 6.45) is 5.55. The number of nitrogens with zero attached hydrogens (tertiary/aromatic N) is 1. The van der Waals surface area contributed by atoms with Crippen molar-refractivity contribution in [3.8, 4) is 0 Å². The second-order valence-corrected chi connectivity index (χ2v) is 5.17. The SMILES string of the molecule is C/C=C/C(=O)N1c2ccccc2C(C)=CC1(C)C. The monoisotopic (exact) mass is 241 g/mol. The van der Waals surface area contributed by atoms with Crippen LogP contribution >= 0.6 is 0 Å². The molecule has 0 saturated heterocycles. The van der Waals surface area contributed by atoms with Gasteiger partial charge in [0.2, 0.25) is 0 Å². The number of anilines is 1. The molecule has 18 heavy (non-hydrogen) atoms. The molecule has 0 atom stereocenters. The van der Waals surface area contributed by atoms with E-state index in [1.54, 1.807) is 12.2 Å². The molecule has 0 bridgehead atoms. The highest BCUT2D eigenvalue weighted by atomic mass is 16.2. The number of para-hydroxylation sites is 1. The van der Waals surface area contributed by atoms with Gasteiger partial charge in [0, 0.05) is 5.56 Å². The van der Waals surface area contributed by atoms with Gasteiger partial charge in [0.25, 0.3) is 5.91 Å². The Morgan fingerprint density at radius 2 is 1.94 bits per heavy atom. The van der Waals surface area contributed by atoms with Crippen LogP contribution in [0.4, 0.5) is 5.69 Å². The van der Waals surface area contributed by atoms with Crippen LogP contribution in [-0.2, 0) is 4.79 Å². The standard InChI is InChI=1S/C16H19NO/c1-5-8-15(18)17-14-10-7-6-9-13(14)12(2)11-16(17,3)4/h5-11H,1-4H3/b8-5+. The molecule has 1 amide bonds. The summed E-state index contributed by atoms with van der Waals surface area (Å²) >= 11 is 0. The van der Waals surface area contributed by atoms with Gasteiger partial charge < -0.3 is 0 Å². The number of carbonyl (C=O) groups is 1. The highest BCUT2D eigenvalue weighted by Gasteiger charge is 2.34. The number of amides is 1. The fourth-order valence-electron chi connectivity index (χ4n) is 2.60. The highest BCUT2D eigenvalue weighted by molar-refractivity contribution is 6.06. The van der Waals surface area contributed by atoms with Gasteiger partial charge in [0.05, 0.1) is 11.2 Å². The minimum Gasteiger partial charge on any atom is -0.299 e. The smallest absolute Gasteiger partial charge is 0.251 e. The van der Waals surface area contributed by atoms with Crippen molar-refractivity contribution in [1.29, 1.82) is 0 Å². The van der Waals surface area contributed by atoms with E-state index in [-0.39, 0.29) is 11.4 Å². The molecule has 2 heteroatoms. The molecule has 0 saturated carbocycles. The largest absolute Gasteiger partial charge is 0.299 e. The maximum Gasteiger partial charge on any atom is 0.251 e. The fraction of sp³-hybridized carbons (Fsp3) is 0.312. The molecule has 0 aliphatic carbocycles. The van der Waals surface area contributed by atoms with Gasteiger partial charge >= 0.3 is 0 Å². The quantitative estimate of drug-likeness (QED) is 0.685. The molecule has 0 N–H and O–H groups in total. The summed E-state index contributed by atoms with van der Waals surface area (Å²) < 4.78 is 0. The molecular formula is C16H19NO. The number of fused-ring (bicyclic) bond motifs is 1. The first-order chi connectivity index (χ1) is 8.47. The molecule has 0 spiro atoms. The van der Waals surface area contributed by atoms with Crippen LogP contribution in [-0.4, -0.2) is 11.4 Å². The molecule has 0 fully saturated rings. The third kappa shape index (κ3) is 1.99. The van der Waals surface area contributed by atoms with Crippen LogP contribution in [0, 0.1) is 0 Å². The van der Waals surface area contributed by atoms with Crippen LogP contribution < -0.4 is 4.90 Å². The Morgan fingerprint density at radius 3 is 2.61 bits per heavy atom. The van der Waals surface area contributed by atoms with Crippen molar-refractivity contribution in [2.75, 3.05) is 4.90 Å².